The van der Waals surface area contributed by atoms with Crippen molar-refractivity contribution in [2.75, 3.05) is 6.54 Å². The van der Waals surface area contributed by atoms with Crippen LogP contribution in [0.1, 0.15) is 30.0 Å². The van der Waals surface area contributed by atoms with E-state index >= 15 is 0 Å². The van der Waals surface area contributed by atoms with Crippen molar-refractivity contribution in [3.63, 3.8) is 0 Å². The number of nitrogens with zero attached hydrogens (tertiary/aromatic N) is 2. The summed E-state index contributed by atoms with van der Waals surface area (Å²) in [4.78, 5) is 4.39. The summed E-state index contributed by atoms with van der Waals surface area (Å²) in [5.74, 6) is -0.573. The minimum absolute atomic E-state index is 0.0211. The van der Waals surface area contributed by atoms with Gasteiger partial charge in [0.2, 0.25) is 0 Å². The van der Waals surface area contributed by atoms with Gasteiger partial charge < -0.3 is 10.2 Å². The molecule has 0 aliphatic carbocycles. The topological polar surface area (TPSA) is 69.4 Å². The summed E-state index contributed by atoms with van der Waals surface area (Å²) in [6.45, 7) is 2.58. The molecule has 0 amide bonds. The zero-order valence-electron chi connectivity index (χ0n) is 14.8. The number of aliphatic imine (C=N–C) groups is 1. The van der Waals surface area contributed by atoms with Crippen LogP contribution in [0, 0.1) is 17.1 Å². The highest BCUT2D eigenvalue weighted by Crippen LogP contribution is 2.36. The third-order valence-corrected chi connectivity index (χ3v) is 4.32. The van der Waals surface area contributed by atoms with Crippen LogP contribution >= 0.6 is 11.6 Å². The lowest BCUT2D eigenvalue weighted by atomic mass is 10.1. The molecule has 9 heteroatoms. The van der Waals surface area contributed by atoms with E-state index in [-0.39, 0.29) is 40.1 Å². The van der Waals surface area contributed by atoms with Crippen LogP contribution in [0.2, 0.25) is 5.02 Å². The molecule has 0 fully saturated rings. The summed E-state index contributed by atoms with van der Waals surface area (Å²) >= 11 is 6.06. The molecule has 146 valence electrons. The van der Waals surface area contributed by atoms with Crippen molar-refractivity contribution in [2.24, 2.45) is 4.99 Å². The molecular weight excluding hydrogens is 393 g/mol. The standard InChI is InChI=1S/C19H16ClF3N4O/c1-10-9-25-27-16(26-10)7-12-2-3-15(20)18(17(12)21)28-14-5-11(8-24)4-13(6-14)19(22)23/h2-6,10,19,25H,7,9H2,1H3,(H,26,27)/t10-/m0/s1. The van der Waals surface area contributed by atoms with Crippen molar-refractivity contribution in [1.29, 1.82) is 5.26 Å². The Bertz CT molecular complexity index is 959. The van der Waals surface area contributed by atoms with Crippen LogP contribution in [0.25, 0.3) is 0 Å². The Morgan fingerprint density at radius 3 is 2.82 bits per heavy atom. The number of benzene rings is 2. The average molecular weight is 409 g/mol. The van der Waals surface area contributed by atoms with Gasteiger partial charge in [0.1, 0.15) is 11.6 Å². The fourth-order valence-corrected chi connectivity index (χ4v) is 2.89. The van der Waals surface area contributed by atoms with E-state index in [4.69, 9.17) is 21.6 Å². The molecule has 1 atom stereocenters. The maximum absolute atomic E-state index is 15.0. The maximum atomic E-state index is 15.0. The van der Waals surface area contributed by atoms with Crippen LogP contribution in [0.4, 0.5) is 13.2 Å². The van der Waals surface area contributed by atoms with Crippen LogP contribution < -0.4 is 15.6 Å². The molecule has 0 saturated carbocycles. The van der Waals surface area contributed by atoms with E-state index in [0.717, 1.165) is 12.1 Å². The Balaban J connectivity index is 1.93. The molecule has 1 aliphatic heterocycles. The van der Waals surface area contributed by atoms with E-state index in [1.54, 1.807) is 6.07 Å². The Kier molecular flexibility index (Phi) is 6.07. The van der Waals surface area contributed by atoms with Gasteiger partial charge in [-0.2, -0.15) is 5.26 Å². The van der Waals surface area contributed by atoms with E-state index in [1.807, 2.05) is 6.92 Å². The van der Waals surface area contributed by atoms with Gasteiger partial charge in [-0.15, -0.1) is 0 Å². The van der Waals surface area contributed by atoms with Gasteiger partial charge in [-0.1, -0.05) is 17.7 Å². The van der Waals surface area contributed by atoms with Crippen molar-refractivity contribution >= 4 is 17.4 Å². The number of hydrazine groups is 1. The zero-order valence-corrected chi connectivity index (χ0v) is 15.5. The van der Waals surface area contributed by atoms with Crippen molar-refractivity contribution < 1.29 is 17.9 Å². The van der Waals surface area contributed by atoms with Gasteiger partial charge in [-0.3, -0.25) is 4.99 Å². The fourth-order valence-electron chi connectivity index (χ4n) is 2.71. The normalized spacial score (nSPS) is 16.3. The molecule has 3 rings (SSSR count). The molecule has 0 saturated heterocycles. The number of amidine groups is 1. The predicted molar refractivity (Wildman–Crippen MR) is 99.3 cm³/mol. The number of alkyl halides is 2. The first-order chi connectivity index (χ1) is 13.4. The molecule has 2 aromatic rings. The van der Waals surface area contributed by atoms with Gasteiger partial charge in [0, 0.05) is 18.5 Å². The summed E-state index contributed by atoms with van der Waals surface area (Å²) in [7, 11) is 0. The maximum Gasteiger partial charge on any atom is 0.264 e. The molecule has 2 aromatic carbocycles. The van der Waals surface area contributed by atoms with E-state index in [0.29, 0.717) is 12.4 Å². The molecule has 28 heavy (non-hydrogen) atoms. The molecule has 0 bridgehead atoms. The van der Waals surface area contributed by atoms with Gasteiger partial charge in [0.25, 0.3) is 6.43 Å². The van der Waals surface area contributed by atoms with E-state index in [9.17, 15) is 13.2 Å². The first-order valence-corrected chi connectivity index (χ1v) is 8.78. The Morgan fingerprint density at radius 1 is 1.36 bits per heavy atom. The van der Waals surface area contributed by atoms with Crippen LogP contribution in [-0.4, -0.2) is 18.4 Å². The lowest BCUT2D eigenvalue weighted by Gasteiger charge is -2.21. The zero-order chi connectivity index (χ0) is 20.3. The molecule has 1 heterocycles. The summed E-state index contributed by atoms with van der Waals surface area (Å²) in [5, 5.41) is 8.99. The SMILES string of the molecule is C[C@H]1CNNC(Cc2ccc(Cl)c(Oc3cc(C#N)cc(C(F)F)c3)c2F)=N1. The predicted octanol–water partition coefficient (Wildman–Crippen LogP) is 4.52. The monoisotopic (exact) mass is 408 g/mol. The van der Waals surface area contributed by atoms with Crippen LogP contribution in [0.15, 0.2) is 35.3 Å². The number of hydrogen-bond donors (Lipinski definition) is 2. The van der Waals surface area contributed by atoms with Gasteiger partial charge in [0.15, 0.2) is 11.6 Å². The van der Waals surface area contributed by atoms with Crippen molar-refractivity contribution in [2.45, 2.75) is 25.8 Å². The minimum atomic E-state index is -2.80. The lowest BCUT2D eigenvalue weighted by molar-refractivity contribution is 0.151. The van der Waals surface area contributed by atoms with Crippen LogP contribution in [-0.2, 0) is 6.42 Å². The smallest absolute Gasteiger partial charge is 0.264 e. The largest absolute Gasteiger partial charge is 0.453 e. The number of halogens is 4. The first kappa shape index (κ1) is 20.0. The van der Waals surface area contributed by atoms with Gasteiger partial charge >= 0.3 is 0 Å². The molecule has 0 unspecified atom stereocenters. The minimum Gasteiger partial charge on any atom is -0.453 e. The van der Waals surface area contributed by atoms with Gasteiger partial charge in [-0.05, 0) is 36.8 Å². The summed E-state index contributed by atoms with van der Waals surface area (Å²) in [5.41, 5.74) is 5.68. The van der Waals surface area contributed by atoms with Crippen molar-refractivity contribution in [3.8, 4) is 17.6 Å². The number of nitrogens with one attached hydrogen (secondary N) is 2. The number of ether oxygens (including phenoxy) is 1. The number of rotatable bonds is 5. The Hall–Kier alpha value is -2.76. The molecule has 0 aromatic heterocycles. The highest BCUT2D eigenvalue weighted by atomic mass is 35.5. The molecule has 0 spiro atoms. The van der Waals surface area contributed by atoms with Gasteiger partial charge in [0.05, 0.1) is 22.7 Å². The summed E-state index contributed by atoms with van der Waals surface area (Å²) < 4.78 is 46.5. The van der Waals surface area contributed by atoms with Crippen LogP contribution in [0.5, 0.6) is 11.5 Å². The average Bonchev–Trinajstić information content (AvgIpc) is 2.67. The van der Waals surface area contributed by atoms with E-state index < -0.39 is 17.8 Å². The molecule has 2 N–H and O–H groups in total. The third-order valence-electron chi connectivity index (χ3n) is 4.02. The van der Waals surface area contributed by atoms with E-state index in [2.05, 4.69) is 15.8 Å². The lowest BCUT2D eigenvalue weighted by Crippen LogP contribution is -2.46. The summed E-state index contributed by atoms with van der Waals surface area (Å²) in [6, 6.07) is 8.12. The second-order valence-electron chi connectivity index (χ2n) is 6.26. The van der Waals surface area contributed by atoms with Crippen molar-refractivity contribution in [1.82, 2.24) is 10.9 Å². The number of hydrogen-bond acceptors (Lipinski definition) is 5. The first-order valence-electron chi connectivity index (χ1n) is 8.41. The highest BCUT2D eigenvalue weighted by Gasteiger charge is 2.19. The van der Waals surface area contributed by atoms with Crippen LogP contribution in [0.3, 0.4) is 0 Å². The molecule has 5 nitrogen and oxygen atoms in total. The van der Waals surface area contributed by atoms with Gasteiger partial charge in [-0.25, -0.2) is 18.6 Å². The van der Waals surface area contributed by atoms with E-state index in [1.165, 1.54) is 18.2 Å². The summed E-state index contributed by atoms with van der Waals surface area (Å²) in [6.07, 6.45) is -2.63. The van der Waals surface area contributed by atoms with Crippen molar-refractivity contribution in [3.05, 3.63) is 57.9 Å². The second kappa shape index (κ2) is 8.50. The second-order valence-corrected chi connectivity index (χ2v) is 6.67. The Labute approximate surface area is 164 Å². The Morgan fingerprint density at radius 2 is 2.14 bits per heavy atom. The quantitative estimate of drug-likeness (QED) is 0.763. The molecular formula is C19H16ClF3N4O. The third kappa shape index (κ3) is 4.55. The number of nitriles is 1. The highest BCUT2D eigenvalue weighted by molar-refractivity contribution is 6.32. The molecule has 0 radical (unpaired) electrons. The fraction of sp³-hybridized carbons (Fsp3) is 0.263. The molecule has 1 aliphatic rings.